The molecule has 1 aromatic carbocycles. The van der Waals surface area contributed by atoms with Gasteiger partial charge in [0.2, 0.25) is 5.91 Å². The fourth-order valence-corrected chi connectivity index (χ4v) is 2.83. The van der Waals surface area contributed by atoms with E-state index >= 15 is 0 Å². The SMILES string of the molecule is NC(=O)c1ccccc1CC1(O)CCCCCC1. The van der Waals surface area contributed by atoms with Gasteiger partial charge in [0.15, 0.2) is 0 Å². The zero-order valence-corrected chi connectivity index (χ0v) is 10.7. The van der Waals surface area contributed by atoms with Crippen LogP contribution in [0.4, 0.5) is 0 Å². The van der Waals surface area contributed by atoms with Gasteiger partial charge in [0.05, 0.1) is 5.60 Å². The summed E-state index contributed by atoms with van der Waals surface area (Å²) in [4.78, 5) is 11.4. The first-order valence-electron chi connectivity index (χ1n) is 6.71. The van der Waals surface area contributed by atoms with Crippen LogP contribution in [0.15, 0.2) is 24.3 Å². The third kappa shape index (κ3) is 3.10. The Hall–Kier alpha value is -1.35. The molecule has 98 valence electrons. The first-order chi connectivity index (χ1) is 8.61. The summed E-state index contributed by atoms with van der Waals surface area (Å²) in [6, 6.07) is 7.32. The zero-order chi connectivity index (χ0) is 13.0. The number of amides is 1. The highest BCUT2D eigenvalue weighted by Gasteiger charge is 2.29. The van der Waals surface area contributed by atoms with Crippen molar-refractivity contribution in [2.75, 3.05) is 0 Å². The number of rotatable bonds is 3. The fraction of sp³-hybridized carbons (Fsp3) is 0.533. The third-order valence-corrected chi connectivity index (χ3v) is 3.84. The highest BCUT2D eigenvalue weighted by Crippen LogP contribution is 2.30. The topological polar surface area (TPSA) is 63.3 Å². The van der Waals surface area contributed by atoms with E-state index in [1.165, 1.54) is 12.8 Å². The molecule has 0 atom stereocenters. The van der Waals surface area contributed by atoms with E-state index < -0.39 is 11.5 Å². The van der Waals surface area contributed by atoms with Gasteiger partial charge in [-0.15, -0.1) is 0 Å². The van der Waals surface area contributed by atoms with E-state index in [4.69, 9.17) is 5.73 Å². The van der Waals surface area contributed by atoms with Crippen molar-refractivity contribution in [3.05, 3.63) is 35.4 Å². The summed E-state index contributed by atoms with van der Waals surface area (Å²) >= 11 is 0. The Balaban J connectivity index is 2.19. The number of nitrogens with two attached hydrogens (primary N) is 1. The molecule has 0 spiro atoms. The van der Waals surface area contributed by atoms with Gasteiger partial charge >= 0.3 is 0 Å². The first-order valence-corrected chi connectivity index (χ1v) is 6.71. The van der Waals surface area contributed by atoms with Crippen molar-refractivity contribution in [2.45, 2.75) is 50.5 Å². The maximum atomic E-state index is 11.4. The van der Waals surface area contributed by atoms with Gasteiger partial charge in [0.25, 0.3) is 0 Å². The van der Waals surface area contributed by atoms with Crippen molar-refractivity contribution >= 4 is 5.91 Å². The van der Waals surface area contributed by atoms with Gasteiger partial charge in [-0.25, -0.2) is 0 Å². The Kier molecular flexibility index (Phi) is 4.02. The van der Waals surface area contributed by atoms with Crippen LogP contribution in [0, 0.1) is 0 Å². The van der Waals surface area contributed by atoms with Crippen molar-refractivity contribution in [1.29, 1.82) is 0 Å². The number of carbonyl (C=O) groups excluding carboxylic acids is 1. The average molecular weight is 247 g/mol. The molecule has 3 nitrogen and oxygen atoms in total. The van der Waals surface area contributed by atoms with Crippen LogP contribution in [0.3, 0.4) is 0 Å². The Bertz CT molecular complexity index is 420. The average Bonchev–Trinajstić information content (AvgIpc) is 2.54. The molecular formula is C15H21NO2. The van der Waals surface area contributed by atoms with Crippen LogP contribution in [0.1, 0.15) is 54.4 Å². The lowest BCUT2D eigenvalue weighted by Gasteiger charge is -2.27. The molecular weight excluding hydrogens is 226 g/mol. The van der Waals surface area contributed by atoms with Crippen LogP contribution >= 0.6 is 0 Å². The summed E-state index contributed by atoms with van der Waals surface area (Å²) in [6.07, 6.45) is 6.69. The van der Waals surface area contributed by atoms with Crippen molar-refractivity contribution in [2.24, 2.45) is 5.73 Å². The van der Waals surface area contributed by atoms with Crippen molar-refractivity contribution in [3.63, 3.8) is 0 Å². The lowest BCUT2D eigenvalue weighted by Crippen LogP contribution is -2.31. The number of benzene rings is 1. The summed E-state index contributed by atoms with van der Waals surface area (Å²) in [5, 5.41) is 10.7. The Morgan fingerprint density at radius 2 is 1.78 bits per heavy atom. The van der Waals surface area contributed by atoms with Crippen LogP contribution < -0.4 is 5.73 Å². The number of primary amides is 1. The molecule has 1 amide bonds. The van der Waals surface area contributed by atoms with E-state index in [0.717, 1.165) is 31.2 Å². The minimum absolute atomic E-state index is 0.414. The minimum Gasteiger partial charge on any atom is -0.390 e. The largest absolute Gasteiger partial charge is 0.390 e. The van der Waals surface area contributed by atoms with Crippen LogP contribution in [-0.4, -0.2) is 16.6 Å². The Morgan fingerprint density at radius 3 is 2.39 bits per heavy atom. The molecule has 1 aromatic rings. The third-order valence-electron chi connectivity index (χ3n) is 3.84. The van der Waals surface area contributed by atoms with Gasteiger partial charge < -0.3 is 10.8 Å². The van der Waals surface area contributed by atoms with E-state index in [1.807, 2.05) is 12.1 Å². The molecule has 0 unspecified atom stereocenters. The fourth-order valence-electron chi connectivity index (χ4n) is 2.83. The first kappa shape index (κ1) is 13.1. The van der Waals surface area contributed by atoms with Crippen LogP contribution in [-0.2, 0) is 6.42 Å². The predicted octanol–water partition coefficient (Wildman–Crippen LogP) is 2.41. The number of aliphatic hydroxyl groups is 1. The molecule has 3 heteroatoms. The number of carbonyl (C=O) groups is 1. The zero-order valence-electron chi connectivity index (χ0n) is 10.7. The summed E-state index contributed by atoms with van der Waals surface area (Å²) in [7, 11) is 0. The number of hydrogen-bond acceptors (Lipinski definition) is 2. The second-order valence-corrected chi connectivity index (χ2v) is 5.34. The van der Waals surface area contributed by atoms with Gasteiger partial charge in [-0.05, 0) is 24.5 Å². The molecule has 1 saturated carbocycles. The monoisotopic (exact) mass is 247 g/mol. The van der Waals surface area contributed by atoms with Crippen LogP contribution in [0.2, 0.25) is 0 Å². The summed E-state index contributed by atoms with van der Waals surface area (Å²) < 4.78 is 0. The molecule has 0 radical (unpaired) electrons. The van der Waals surface area contributed by atoms with Gasteiger partial charge in [-0.2, -0.15) is 0 Å². The molecule has 0 bridgehead atoms. The molecule has 0 heterocycles. The van der Waals surface area contributed by atoms with E-state index in [1.54, 1.807) is 12.1 Å². The minimum atomic E-state index is -0.665. The highest BCUT2D eigenvalue weighted by atomic mass is 16.3. The Morgan fingerprint density at radius 1 is 1.17 bits per heavy atom. The van der Waals surface area contributed by atoms with Gasteiger partial charge in [-0.3, -0.25) is 4.79 Å². The van der Waals surface area contributed by atoms with Crippen LogP contribution in [0.5, 0.6) is 0 Å². The lowest BCUT2D eigenvalue weighted by atomic mass is 9.86. The predicted molar refractivity (Wildman–Crippen MR) is 71.3 cm³/mol. The maximum absolute atomic E-state index is 11.4. The van der Waals surface area contributed by atoms with Crippen LogP contribution in [0.25, 0.3) is 0 Å². The second kappa shape index (κ2) is 5.53. The van der Waals surface area contributed by atoms with Gasteiger partial charge in [0.1, 0.15) is 0 Å². The lowest BCUT2D eigenvalue weighted by molar-refractivity contribution is 0.0251. The molecule has 2 rings (SSSR count). The van der Waals surface area contributed by atoms with Gasteiger partial charge in [-0.1, -0.05) is 43.9 Å². The summed E-state index contributed by atoms with van der Waals surface area (Å²) in [6.45, 7) is 0. The molecule has 1 aliphatic carbocycles. The molecule has 0 aromatic heterocycles. The molecule has 18 heavy (non-hydrogen) atoms. The van der Waals surface area contributed by atoms with E-state index in [9.17, 15) is 9.90 Å². The smallest absolute Gasteiger partial charge is 0.248 e. The van der Waals surface area contributed by atoms with E-state index in [2.05, 4.69) is 0 Å². The van der Waals surface area contributed by atoms with E-state index in [0.29, 0.717) is 12.0 Å². The standard InChI is InChI=1S/C15H21NO2/c16-14(17)13-8-4-3-7-12(13)11-15(18)9-5-1-2-6-10-15/h3-4,7-8,18H,1-2,5-6,9-11H2,(H2,16,17). The quantitative estimate of drug-likeness (QED) is 0.806. The van der Waals surface area contributed by atoms with E-state index in [-0.39, 0.29) is 0 Å². The van der Waals surface area contributed by atoms with Gasteiger partial charge in [0, 0.05) is 12.0 Å². The van der Waals surface area contributed by atoms with Crippen molar-refractivity contribution in [1.82, 2.24) is 0 Å². The summed E-state index contributed by atoms with van der Waals surface area (Å²) in [5.41, 5.74) is 6.12. The highest BCUT2D eigenvalue weighted by molar-refractivity contribution is 5.94. The molecule has 0 saturated heterocycles. The van der Waals surface area contributed by atoms with Crippen molar-refractivity contribution in [3.8, 4) is 0 Å². The molecule has 1 aliphatic rings. The molecule has 1 fully saturated rings. The second-order valence-electron chi connectivity index (χ2n) is 5.34. The number of hydrogen-bond donors (Lipinski definition) is 2. The molecule has 3 N–H and O–H groups in total. The summed E-state index contributed by atoms with van der Waals surface area (Å²) in [5.74, 6) is -0.414. The Labute approximate surface area is 108 Å². The normalized spacial score (nSPS) is 19.2. The maximum Gasteiger partial charge on any atom is 0.248 e. The van der Waals surface area contributed by atoms with Crippen molar-refractivity contribution < 1.29 is 9.90 Å². The molecule has 0 aliphatic heterocycles.